The lowest BCUT2D eigenvalue weighted by Gasteiger charge is -2.13. The van der Waals surface area contributed by atoms with E-state index >= 15 is 0 Å². The number of rotatable bonds is 7. The molecule has 0 amide bonds. The van der Waals surface area contributed by atoms with Gasteiger partial charge in [0.15, 0.2) is 0 Å². The van der Waals surface area contributed by atoms with Crippen molar-refractivity contribution in [3.05, 3.63) is 64.4 Å². The third-order valence-electron chi connectivity index (χ3n) is 3.64. The lowest BCUT2D eigenvalue weighted by atomic mass is 10.2. The number of hydrogen-bond acceptors (Lipinski definition) is 5. The Morgan fingerprint density at radius 3 is 2.84 bits per heavy atom. The van der Waals surface area contributed by atoms with Crippen molar-refractivity contribution in [2.75, 3.05) is 5.32 Å². The van der Waals surface area contributed by atoms with Crippen LogP contribution in [0.5, 0.6) is 5.75 Å². The predicted octanol–water partition coefficient (Wildman–Crippen LogP) is 3.68. The minimum absolute atomic E-state index is 0.253. The minimum atomic E-state index is -0.369. The summed E-state index contributed by atoms with van der Waals surface area (Å²) in [5.74, 6) is 0.941. The highest BCUT2D eigenvalue weighted by Gasteiger charge is 2.08. The van der Waals surface area contributed by atoms with Crippen LogP contribution in [-0.2, 0) is 19.7 Å². The Bertz CT molecular complexity index is 855. The molecule has 0 aliphatic carbocycles. The van der Waals surface area contributed by atoms with Gasteiger partial charge in [0.05, 0.1) is 5.02 Å². The van der Waals surface area contributed by atoms with Gasteiger partial charge >= 0.3 is 0 Å². The second-order valence-electron chi connectivity index (χ2n) is 5.30. The van der Waals surface area contributed by atoms with Crippen LogP contribution in [0.2, 0.25) is 5.02 Å². The zero-order valence-electron chi connectivity index (χ0n) is 13.6. The van der Waals surface area contributed by atoms with Gasteiger partial charge < -0.3 is 10.1 Å². The summed E-state index contributed by atoms with van der Waals surface area (Å²) in [5, 5.41) is 15.0. The third kappa shape index (κ3) is 4.24. The molecule has 6 nitrogen and oxygen atoms in total. The first-order valence-corrected chi connectivity index (χ1v) is 8.20. The maximum Gasteiger partial charge on any atom is 0.243 e. The van der Waals surface area contributed by atoms with Gasteiger partial charge in [-0.15, -0.1) is 0 Å². The SMILES string of the molecule is CCn1nnnc1NCc1ccccc1OCc1ccc(F)cc1Cl. The van der Waals surface area contributed by atoms with Crippen LogP contribution in [0.3, 0.4) is 0 Å². The average molecular weight is 362 g/mol. The zero-order chi connectivity index (χ0) is 17.6. The molecular weight excluding hydrogens is 345 g/mol. The number of nitrogens with one attached hydrogen (secondary N) is 1. The van der Waals surface area contributed by atoms with Crippen LogP contribution in [0.1, 0.15) is 18.1 Å². The molecule has 3 aromatic rings. The van der Waals surface area contributed by atoms with Crippen LogP contribution in [-0.4, -0.2) is 20.2 Å². The Morgan fingerprint density at radius 2 is 2.04 bits per heavy atom. The molecule has 0 saturated heterocycles. The largest absolute Gasteiger partial charge is 0.488 e. The molecule has 1 aromatic heterocycles. The van der Waals surface area contributed by atoms with Crippen LogP contribution >= 0.6 is 11.6 Å². The second kappa shape index (κ2) is 7.94. The van der Waals surface area contributed by atoms with Crippen molar-refractivity contribution in [3.8, 4) is 5.75 Å². The molecule has 0 atom stereocenters. The molecule has 130 valence electrons. The van der Waals surface area contributed by atoms with E-state index in [0.29, 0.717) is 29.8 Å². The Morgan fingerprint density at radius 1 is 1.20 bits per heavy atom. The molecule has 1 heterocycles. The highest BCUT2D eigenvalue weighted by molar-refractivity contribution is 6.31. The first kappa shape index (κ1) is 17.2. The molecule has 0 aliphatic rings. The quantitative estimate of drug-likeness (QED) is 0.695. The molecule has 0 unspecified atom stereocenters. The van der Waals surface area contributed by atoms with E-state index in [0.717, 1.165) is 11.1 Å². The molecule has 0 aliphatic heterocycles. The fourth-order valence-corrected chi connectivity index (χ4v) is 2.53. The summed E-state index contributed by atoms with van der Waals surface area (Å²) >= 11 is 6.04. The molecule has 3 rings (SSSR count). The van der Waals surface area contributed by atoms with Crippen LogP contribution in [0.4, 0.5) is 10.3 Å². The van der Waals surface area contributed by atoms with Crippen LogP contribution in [0, 0.1) is 5.82 Å². The molecule has 0 saturated carbocycles. The van der Waals surface area contributed by atoms with Crippen molar-refractivity contribution in [1.29, 1.82) is 0 Å². The monoisotopic (exact) mass is 361 g/mol. The van der Waals surface area contributed by atoms with Gasteiger partial charge in [0.2, 0.25) is 5.95 Å². The molecule has 0 bridgehead atoms. The van der Waals surface area contributed by atoms with Gasteiger partial charge in [0.1, 0.15) is 18.2 Å². The fourth-order valence-electron chi connectivity index (χ4n) is 2.30. The van der Waals surface area contributed by atoms with Gasteiger partial charge in [-0.05, 0) is 35.5 Å². The van der Waals surface area contributed by atoms with E-state index in [2.05, 4.69) is 20.8 Å². The highest BCUT2D eigenvalue weighted by Crippen LogP contribution is 2.23. The van der Waals surface area contributed by atoms with Gasteiger partial charge in [0, 0.05) is 24.2 Å². The Hall–Kier alpha value is -2.67. The van der Waals surface area contributed by atoms with E-state index < -0.39 is 0 Å². The van der Waals surface area contributed by atoms with Gasteiger partial charge in [-0.3, -0.25) is 0 Å². The number of hydrogen-bond donors (Lipinski definition) is 1. The fraction of sp³-hybridized carbons (Fsp3) is 0.235. The van der Waals surface area contributed by atoms with E-state index in [1.54, 1.807) is 10.7 Å². The Kier molecular flexibility index (Phi) is 5.45. The molecule has 25 heavy (non-hydrogen) atoms. The topological polar surface area (TPSA) is 64.9 Å². The van der Waals surface area contributed by atoms with Crippen LogP contribution in [0.15, 0.2) is 42.5 Å². The Balaban J connectivity index is 1.68. The van der Waals surface area contributed by atoms with Crippen LogP contribution in [0.25, 0.3) is 0 Å². The number of ether oxygens (including phenoxy) is 1. The molecule has 0 fully saturated rings. The summed E-state index contributed by atoms with van der Waals surface area (Å²) in [6, 6.07) is 11.9. The Labute approximate surface area is 149 Å². The van der Waals surface area contributed by atoms with Crippen LogP contribution < -0.4 is 10.1 Å². The number of benzene rings is 2. The molecule has 8 heteroatoms. The third-order valence-corrected chi connectivity index (χ3v) is 3.99. The van der Waals surface area contributed by atoms with Crippen molar-refractivity contribution in [3.63, 3.8) is 0 Å². The first-order chi connectivity index (χ1) is 12.2. The molecule has 1 N–H and O–H groups in total. The van der Waals surface area contributed by atoms with E-state index in [1.165, 1.54) is 12.1 Å². The first-order valence-electron chi connectivity index (χ1n) is 7.82. The summed E-state index contributed by atoms with van der Waals surface area (Å²) < 4.78 is 20.7. The minimum Gasteiger partial charge on any atom is -0.488 e. The highest BCUT2D eigenvalue weighted by atomic mass is 35.5. The lowest BCUT2D eigenvalue weighted by molar-refractivity contribution is 0.303. The van der Waals surface area contributed by atoms with E-state index in [9.17, 15) is 4.39 Å². The summed E-state index contributed by atoms with van der Waals surface area (Å²) in [6.45, 7) is 3.40. The number of nitrogens with zero attached hydrogens (tertiary/aromatic N) is 4. The summed E-state index contributed by atoms with van der Waals surface area (Å²) in [6.07, 6.45) is 0. The number of aromatic nitrogens is 4. The standard InChI is InChI=1S/C17H17ClFN5O/c1-2-24-17(21-22-23-24)20-10-12-5-3-4-6-16(12)25-11-13-7-8-14(19)9-15(13)18/h3-9H,2,10-11H2,1H3,(H,20,21,23). The van der Waals surface area contributed by atoms with Crippen molar-refractivity contribution in [2.45, 2.75) is 26.6 Å². The van der Waals surface area contributed by atoms with Gasteiger partial charge in [-0.2, -0.15) is 0 Å². The second-order valence-corrected chi connectivity index (χ2v) is 5.71. The summed E-state index contributed by atoms with van der Waals surface area (Å²) in [4.78, 5) is 0. The number of para-hydroxylation sites is 1. The smallest absolute Gasteiger partial charge is 0.243 e. The van der Waals surface area contributed by atoms with E-state index in [1.807, 2.05) is 31.2 Å². The average Bonchev–Trinajstić information content (AvgIpc) is 3.07. The zero-order valence-corrected chi connectivity index (χ0v) is 14.4. The van der Waals surface area contributed by atoms with Crippen molar-refractivity contribution >= 4 is 17.5 Å². The number of aryl methyl sites for hydroxylation is 1. The van der Waals surface area contributed by atoms with E-state index in [-0.39, 0.29) is 12.4 Å². The van der Waals surface area contributed by atoms with Crippen molar-refractivity contribution in [1.82, 2.24) is 20.2 Å². The number of tetrazole rings is 1. The summed E-state index contributed by atoms with van der Waals surface area (Å²) in [7, 11) is 0. The molecule has 0 radical (unpaired) electrons. The lowest BCUT2D eigenvalue weighted by Crippen LogP contribution is -2.09. The number of halogens is 2. The van der Waals surface area contributed by atoms with Crippen molar-refractivity contribution < 1.29 is 9.13 Å². The maximum absolute atomic E-state index is 13.1. The predicted molar refractivity (Wildman–Crippen MR) is 93.0 cm³/mol. The summed E-state index contributed by atoms with van der Waals surface area (Å²) in [5.41, 5.74) is 1.67. The molecule has 2 aromatic carbocycles. The number of anilines is 1. The van der Waals surface area contributed by atoms with Gasteiger partial charge in [-0.25, -0.2) is 9.07 Å². The normalized spacial score (nSPS) is 10.7. The van der Waals surface area contributed by atoms with Gasteiger partial charge in [0.25, 0.3) is 0 Å². The maximum atomic E-state index is 13.1. The molecular formula is C17H17ClFN5O. The van der Waals surface area contributed by atoms with Crippen molar-refractivity contribution in [2.24, 2.45) is 0 Å². The van der Waals surface area contributed by atoms with Gasteiger partial charge in [-0.1, -0.05) is 41.0 Å². The molecule has 0 spiro atoms. The van der Waals surface area contributed by atoms with E-state index in [4.69, 9.17) is 16.3 Å².